The van der Waals surface area contributed by atoms with Crippen molar-refractivity contribution in [3.8, 4) is 11.1 Å². The van der Waals surface area contributed by atoms with Crippen LogP contribution in [0.1, 0.15) is 17.3 Å². The van der Waals surface area contributed by atoms with E-state index < -0.39 is 0 Å². The van der Waals surface area contributed by atoms with Crippen LogP contribution in [-0.2, 0) is 0 Å². The summed E-state index contributed by atoms with van der Waals surface area (Å²) in [5, 5.41) is 0. The Morgan fingerprint density at radius 3 is 2.60 bits per heavy atom. The van der Waals surface area contributed by atoms with Gasteiger partial charge in [-0.05, 0) is 19.1 Å². The molecular formula is C12H10N2O. The molecular weight excluding hydrogens is 188 g/mol. The Morgan fingerprint density at radius 2 is 1.93 bits per heavy atom. The molecule has 0 aromatic carbocycles. The van der Waals surface area contributed by atoms with E-state index in [0.29, 0.717) is 5.56 Å². The Labute approximate surface area is 87.8 Å². The molecule has 0 radical (unpaired) electrons. The van der Waals surface area contributed by atoms with Crippen molar-refractivity contribution in [1.82, 2.24) is 9.97 Å². The zero-order valence-corrected chi connectivity index (χ0v) is 8.34. The number of aromatic nitrogens is 2. The van der Waals surface area contributed by atoms with Gasteiger partial charge in [-0.15, -0.1) is 0 Å². The van der Waals surface area contributed by atoms with Crippen LogP contribution in [0.2, 0.25) is 0 Å². The molecule has 0 saturated heterocycles. The van der Waals surface area contributed by atoms with E-state index in [1.54, 1.807) is 24.8 Å². The van der Waals surface area contributed by atoms with E-state index in [1.165, 1.54) is 6.92 Å². The number of carbonyl (C=O) groups excluding carboxylic acids is 1. The fraction of sp³-hybridized carbons (Fsp3) is 0.0833. The van der Waals surface area contributed by atoms with E-state index >= 15 is 0 Å². The average molecular weight is 198 g/mol. The van der Waals surface area contributed by atoms with Gasteiger partial charge >= 0.3 is 0 Å². The maximum absolute atomic E-state index is 11.2. The number of carbonyl (C=O) groups is 1. The summed E-state index contributed by atoms with van der Waals surface area (Å²) in [6.07, 6.45) is 6.76. The molecule has 2 aromatic rings. The number of hydrogen-bond donors (Lipinski definition) is 0. The Balaban J connectivity index is 2.46. The summed E-state index contributed by atoms with van der Waals surface area (Å²) in [6.45, 7) is 1.53. The lowest BCUT2D eigenvalue weighted by atomic mass is 10.1. The summed E-state index contributed by atoms with van der Waals surface area (Å²) >= 11 is 0. The number of ketones is 1. The minimum Gasteiger partial charge on any atom is -0.294 e. The first-order valence-electron chi connectivity index (χ1n) is 4.64. The van der Waals surface area contributed by atoms with E-state index in [9.17, 15) is 4.79 Å². The van der Waals surface area contributed by atoms with Crippen LogP contribution in [0.25, 0.3) is 11.1 Å². The highest BCUT2D eigenvalue weighted by molar-refractivity contribution is 5.94. The van der Waals surface area contributed by atoms with Crippen molar-refractivity contribution < 1.29 is 4.79 Å². The topological polar surface area (TPSA) is 42.9 Å². The van der Waals surface area contributed by atoms with Crippen LogP contribution < -0.4 is 0 Å². The number of Topliss-reactive ketones (excluding diaryl/α,β-unsaturated/α-hetero) is 1. The summed E-state index contributed by atoms with van der Waals surface area (Å²) in [6, 6.07) is 5.62. The normalized spacial score (nSPS) is 9.93. The van der Waals surface area contributed by atoms with Crippen molar-refractivity contribution in [2.45, 2.75) is 6.92 Å². The molecule has 74 valence electrons. The van der Waals surface area contributed by atoms with Crippen LogP contribution in [0.15, 0.2) is 43.0 Å². The van der Waals surface area contributed by atoms with Crippen molar-refractivity contribution in [2.24, 2.45) is 0 Å². The molecule has 15 heavy (non-hydrogen) atoms. The standard InChI is InChI=1S/C12H10N2O/c1-9(15)11-5-12(8-14-7-11)10-3-2-4-13-6-10/h2-8H,1H3. The predicted molar refractivity (Wildman–Crippen MR) is 57.5 cm³/mol. The monoisotopic (exact) mass is 198 g/mol. The first kappa shape index (κ1) is 9.52. The highest BCUT2D eigenvalue weighted by atomic mass is 16.1. The lowest BCUT2D eigenvalue weighted by Gasteiger charge is -2.01. The minimum absolute atomic E-state index is 0.0215. The van der Waals surface area contributed by atoms with Crippen molar-refractivity contribution in [1.29, 1.82) is 0 Å². The van der Waals surface area contributed by atoms with Crippen LogP contribution in [0.4, 0.5) is 0 Å². The Kier molecular flexibility index (Phi) is 2.54. The molecule has 2 rings (SSSR count). The molecule has 0 aliphatic rings. The van der Waals surface area contributed by atoms with Crippen molar-refractivity contribution in [2.75, 3.05) is 0 Å². The van der Waals surface area contributed by atoms with Gasteiger partial charge in [-0.25, -0.2) is 0 Å². The molecule has 0 atom stereocenters. The number of hydrogen-bond acceptors (Lipinski definition) is 3. The Hall–Kier alpha value is -2.03. The zero-order valence-electron chi connectivity index (χ0n) is 8.34. The molecule has 0 spiro atoms. The number of rotatable bonds is 2. The van der Waals surface area contributed by atoms with Gasteiger partial charge in [0.25, 0.3) is 0 Å². The molecule has 2 aromatic heterocycles. The fourth-order valence-corrected chi connectivity index (χ4v) is 1.32. The molecule has 3 nitrogen and oxygen atoms in total. The minimum atomic E-state index is 0.0215. The highest BCUT2D eigenvalue weighted by Crippen LogP contribution is 2.17. The quantitative estimate of drug-likeness (QED) is 0.695. The maximum atomic E-state index is 11.2. The summed E-state index contributed by atoms with van der Waals surface area (Å²) < 4.78 is 0. The smallest absolute Gasteiger partial charge is 0.161 e. The predicted octanol–water partition coefficient (Wildman–Crippen LogP) is 2.35. The largest absolute Gasteiger partial charge is 0.294 e. The molecule has 0 N–H and O–H groups in total. The maximum Gasteiger partial charge on any atom is 0.161 e. The molecule has 0 fully saturated rings. The summed E-state index contributed by atoms with van der Waals surface area (Å²) in [4.78, 5) is 19.2. The van der Waals surface area contributed by atoms with Crippen molar-refractivity contribution in [3.63, 3.8) is 0 Å². The van der Waals surface area contributed by atoms with Gasteiger partial charge in [0.05, 0.1) is 0 Å². The van der Waals surface area contributed by atoms with Crippen molar-refractivity contribution >= 4 is 5.78 Å². The molecule has 0 aliphatic carbocycles. The highest BCUT2D eigenvalue weighted by Gasteiger charge is 2.02. The van der Waals surface area contributed by atoms with Gasteiger partial charge in [-0.2, -0.15) is 0 Å². The molecule has 0 amide bonds. The molecule has 0 saturated carbocycles. The third-order valence-electron chi connectivity index (χ3n) is 2.14. The van der Waals surface area contributed by atoms with Crippen LogP contribution in [0, 0.1) is 0 Å². The first-order valence-corrected chi connectivity index (χ1v) is 4.64. The SMILES string of the molecule is CC(=O)c1cncc(-c2cccnc2)c1. The molecule has 0 aliphatic heterocycles. The van der Waals surface area contributed by atoms with Crippen LogP contribution in [0.3, 0.4) is 0 Å². The van der Waals surface area contributed by atoms with Gasteiger partial charge in [-0.3, -0.25) is 14.8 Å². The zero-order chi connectivity index (χ0) is 10.7. The third kappa shape index (κ3) is 2.07. The van der Waals surface area contributed by atoms with Gasteiger partial charge in [-0.1, -0.05) is 6.07 Å². The van der Waals surface area contributed by atoms with Gasteiger partial charge < -0.3 is 0 Å². The summed E-state index contributed by atoms with van der Waals surface area (Å²) in [5.41, 5.74) is 2.50. The number of pyridine rings is 2. The van der Waals surface area contributed by atoms with Crippen LogP contribution in [0.5, 0.6) is 0 Å². The lowest BCUT2D eigenvalue weighted by Crippen LogP contribution is -1.93. The third-order valence-corrected chi connectivity index (χ3v) is 2.14. The van der Waals surface area contributed by atoms with Crippen molar-refractivity contribution in [3.05, 3.63) is 48.5 Å². The van der Waals surface area contributed by atoms with E-state index in [4.69, 9.17) is 0 Å². The van der Waals surface area contributed by atoms with Gasteiger partial charge in [0.15, 0.2) is 5.78 Å². The molecule has 2 heterocycles. The van der Waals surface area contributed by atoms with E-state index in [1.807, 2.05) is 18.2 Å². The molecule has 0 unspecified atom stereocenters. The van der Waals surface area contributed by atoms with Gasteiger partial charge in [0.2, 0.25) is 0 Å². The average Bonchev–Trinajstić information content (AvgIpc) is 2.30. The Morgan fingerprint density at radius 1 is 1.13 bits per heavy atom. The molecule has 3 heteroatoms. The van der Waals surface area contributed by atoms with E-state index in [-0.39, 0.29) is 5.78 Å². The van der Waals surface area contributed by atoms with Gasteiger partial charge in [0, 0.05) is 41.5 Å². The summed E-state index contributed by atoms with van der Waals surface area (Å²) in [5.74, 6) is 0.0215. The second-order valence-electron chi connectivity index (χ2n) is 3.26. The molecule has 0 bridgehead atoms. The summed E-state index contributed by atoms with van der Waals surface area (Å²) in [7, 11) is 0. The van der Waals surface area contributed by atoms with E-state index in [0.717, 1.165) is 11.1 Å². The van der Waals surface area contributed by atoms with Crippen LogP contribution >= 0.6 is 0 Å². The van der Waals surface area contributed by atoms with Gasteiger partial charge in [0.1, 0.15) is 0 Å². The first-order chi connectivity index (χ1) is 7.27. The number of nitrogens with zero attached hydrogens (tertiary/aromatic N) is 2. The lowest BCUT2D eigenvalue weighted by molar-refractivity contribution is 0.101. The fourth-order valence-electron chi connectivity index (χ4n) is 1.32. The van der Waals surface area contributed by atoms with E-state index in [2.05, 4.69) is 9.97 Å². The second-order valence-corrected chi connectivity index (χ2v) is 3.26. The Bertz CT molecular complexity index is 480. The van der Waals surface area contributed by atoms with Crippen LogP contribution in [-0.4, -0.2) is 15.8 Å². The second kappa shape index (κ2) is 4.00.